The molecule has 2 aliphatic rings. The Morgan fingerprint density at radius 3 is 2.75 bits per heavy atom. The zero-order valence-corrected chi connectivity index (χ0v) is 13.7. The Morgan fingerprint density at radius 2 is 2.00 bits per heavy atom. The third-order valence-corrected chi connectivity index (χ3v) is 5.14. The monoisotopic (exact) mass is 332 g/mol. The smallest absolute Gasteiger partial charge is 0.315 e. The molecule has 0 radical (unpaired) electrons. The second-order valence-electron chi connectivity index (χ2n) is 6.68. The number of carbonyl (C=O) groups excluding carboxylic acids is 1. The van der Waals surface area contributed by atoms with Gasteiger partial charge in [0.1, 0.15) is 0 Å². The van der Waals surface area contributed by atoms with Crippen LogP contribution in [0, 0.1) is 5.41 Å². The maximum absolute atomic E-state index is 12.3. The lowest BCUT2D eigenvalue weighted by Crippen LogP contribution is -2.46. The summed E-state index contributed by atoms with van der Waals surface area (Å²) in [4.78, 5) is 22.8. The van der Waals surface area contributed by atoms with Gasteiger partial charge in [0.2, 0.25) is 0 Å². The van der Waals surface area contributed by atoms with Crippen LogP contribution in [0.5, 0.6) is 0 Å². The molecule has 0 saturated carbocycles. The van der Waals surface area contributed by atoms with E-state index < -0.39 is 5.97 Å². The zero-order chi connectivity index (χ0) is 17.0. The van der Waals surface area contributed by atoms with Crippen LogP contribution in [0.25, 0.3) is 0 Å². The second kappa shape index (κ2) is 7.21. The molecule has 1 aromatic rings. The lowest BCUT2D eigenvalue weighted by atomic mass is 9.74. The number of benzene rings is 1. The lowest BCUT2D eigenvalue weighted by molar-refractivity contribution is -0.137. The normalized spacial score (nSPS) is 21.2. The van der Waals surface area contributed by atoms with Crippen LogP contribution in [0.4, 0.5) is 4.79 Å². The number of ether oxygens (including phenoxy) is 1. The molecule has 1 aliphatic heterocycles. The van der Waals surface area contributed by atoms with Crippen molar-refractivity contribution in [3.63, 3.8) is 0 Å². The number of rotatable bonds is 5. The number of aliphatic carboxylic acids is 1. The van der Waals surface area contributed by atoms with Crippen molar-refractivity contribution in [2.75, 3.05) is 19.8 Å². The summed E-state index contributed by atoms with van der Waals surface area (Å²) in [5, 5.41) is 14.5. The van der Waals surface area contributed by atoms with Crippen molar-refractivity contribution in [3.05, 3.63) is 35.4 Å². The molecule has 1 unspecified atom stereocenters. The average molecular weight is 332 g/mol. The van der Waals surface area contributed by atoms with Crippen LogP contribution >= 0.6 is 0 Å². The van der Waals surface area contributed by atoms with E-state index in [1.807, 2.05) is 12.1 Å². The molecule has 0 bridgehead atoms. The van der Waals surface area contributed by atoms with Crippen molar-refractivity contribution in [3.8, 4) is 0 Å². The topological polar surface area (TPSA) is 87.7 Å². The molecule has 6 nitrogen and oxygen atoms in total. The van der Waals surface area contributed by atoms with Gasteiger partial charge in [0, 0.05) is 31.6 Å². The van der Waals surface area contributed by atoms with Crippen molar-refractivity contribution in [2.45, 2.75) is 38.1 Å². The summed E-state index contributed by atoms with van der Waals surface area (Å²) in [6.07, 6.45) is 3.34. The van der Waals surface area contributed by atoms with Crippen molar-refractivity contribution >= 4 is 12.0 Å². The molecule has 2 amide bonds. The first kappa shape index (κ1) is 16.8. The Balaban J connectivity index is 1.66. The second-order valence-corrected chi connectivity index (χ2v) is 6.68. The summed E-state index contributed by atoms with van der Waals surface area (Å²) in [5.74, 6) is -0.844. The summed E-state index contributed by atoms with van der Waals surface area (Å²) < 4.78 is 5.53. The Hall–Kier alpha value is -2.08. The molecule has 1 aliphatic carbocycles. The van der Waals surface area contributed by atoms with E-state index in [-0.39, 0.29) is 23.9 Å². The van der Waals surface area contributed by atoms with E-state index in [4.69, 9.17) is 9.84 Å². The lowest BCUT2D eigenvalue weighted by Gasteiger charge is -2.39. The van der Waals surface area contributed by atoms with Gasteiger partial charge in [-0.15, -0.1) is 0 Å². The molecule has 1 saturated heterocycles. The number of carbonyl (C=O) groups is 2. The van der Waals surface area contributed by atoms with Crippen LogP contribution in [0.2, 0.25) is 0 Å². The SMILES string of the molecule is O=C(O)CCCNC(=O)NC1c2ccccc2CC12CCOCC2. The molecule has 24 heavy (non-hydrogen) atoms. The van der Waals surface area contributed by atoms with Crippen LogP contribution in [0.1, 0.15) is 42.9 Å². The molecule has 3 N–H and O–H groups in total. The van der Waals surface area contributed by atoms with Gasteiger partial charge < -0.3 is 20.5 Å². The largest absolute Gasteiger partial charge is 0.481 e. The molecule has 1 fully saturated rings. The summed E-state index contributed by atoms with van der Waals surface area (Å²) >= 11 is 0. The van der Waals surface area contributed by atoms with E-state index in [2.05, 4.69) is 22.8 Å². The van der Waals surface area contributed by atoms with Gasteiger partial charge in [0.05, 0.1) is 6.04 Å². The van der Waals surface area contributed by atoms with Crippen LogP contribution in [-0.2, 0) is 16.0 Å². The van der Waals surface area contributed by atoms with E-state index in [1.54, 1.807) is 0 Å². The summed E-state index contributed by atoms with van der Waals surface area (Å²) in [7, 11) is 0. The van der Waals surface area contributed by atoms with Gasteiger partial charge in [-0.1, -0.05) is 24.3 Å². The Bertz CT molecular complexity index is 611. The highest BCUT2D eigenvalue weighted by Gasteiger charge is 2.47. The maximum atomic E-state index is 12.3. The maximum Gasteiger partial charge on any atom is 0.315 e. The van der Waals surface area contributed by atoms with E-state index in [0.717, 1.165) is 32.5 Å². The van der Waals surface area contributed by atoms with E-state index in [9.17, 15) is 9.59 Å². The molecule has 3 rings (SSSR count). The highest BCUT2D eigenvalue weighted by Crippen LogP contribution is 2.51. The predicted molar refractivity (Wildman–Crippen MR) is 88.8 cm³/mol. The quantitative estimate of drug-likeness (QED) is 0.722. The fourth-order valence-electron chi connectivity index (χ4n) is 3.89. The Morgan fingerprint density at radius 1 is 1.25 bits per heavy atom. The number of fused-ring (bicyclic) bond motifs is 1. The molecular weight excluding hydrogens is 308 g/mol. The number of hydrogen-bond acceptors (Lipinski definition) is 3. The van der Waals surface area contributed by atoms with Crippen LogP contribution in [-0.4, -0.2) is 36.9 Å². The van der Waals surface area contributed by atoms with Gasteiger partial charge in [-0.3, -0.25) is 4.79 Å². The highest BCUT2D eigenvalue weighted by atomic mass is 16.5. The van der Waals surface area contributed by atoms with E-state index >= 15 is 0 Å². The van der Waals surface area contributed by atoms with Gasteiger partial charge in [-0.25, -0.2) is 4.79 Å². The Labute approximate surface area is 141 Å². The number of carboxylic acid groups (broad SMARTS) is 1. The van der Waals surface area contributed by atoms with Crippen molar-refractivity contribution in [1.82, 2.24) is 10.6 Å². The minimum absolute atomic E-state index is 0.0166. The molecule has 6 heteroatoms. The van der Waals surface area contributed by atoms with Crippen LogP contribution in [0.15, 0.2) is 24.3 Å². The number of hydrogen-bond donors (Lipinski definition) is 3. The van der Waals surface area contributed by atoms with Crippen molar-refractivity contribution < 1.29 is 19.4 Å². The first-order chi connectivity index (χ1) is 11.6. The molecule has 0 aromatic heterocycles. The van der Waals surface area contributed by atoms with Crippen molar-refractivity contribution in [1.29, 1.82) is 0 Å². The first-order valence-electron chi connectivity index (χ1n) is 8.52. The standard InChI is InChI=1S/C18H24N2O4/c21-15(22)6-3-9-19-17(23)20-16-14-5-2-1-4-13(14)12-18(16)7-10-24-11-8-18/h1-2,4-5,16H,3,6-12H2,(H,21,22)(H2,19,20,23). The van der Waals surface area contributed by atoms with Gasteiger partial charge in [0.15, 0.2) is 0 Å². The summed E-state index contributed by atoms with van der Waals surface area (Å²) in [5.41, 5.74) is 2.52. The number of carboxylic acids is 1. The third-order valence-electron chi connectivity index (χ3n) is 5.14. The summed E-state index contributed by atoms with van der Waals surface area (Å²) in [6, 6.07) is 8.04. The zero-order valence-electron chi connectivity index (χ0n) is 13.7. The minimum Gasteiger partial charge on any atom is -0.481 e. The highest BCUT2D eigenvalue weighted by molar-refractivity contribution is 5.75. The molecule has 1 heterocycles. The van der Waals surface area contributed by atoms with E-state index in [1.165, 1.54) is 11.1 Å². The van der Waals surface area contributed by atoms with Gasteiger partial charge in [-0.05, 0) is 36.8 Å². The average Bonchev–Trinajstić information content (AvgIpc) is 2.85. The molecule has 1 atom stereocenters. The fourth-order valence-corrected chi connectivity index (χ4v) is 3.89. The molecule has 1 spiro atoms. The number of amides is 2. The first-order valence-corrected chi connectivity index (χ1v) is 8.52. The summed E-state index contributed by atoms with van der Waals surface area (Å²) in [6.45, 7) is 1.82. The Kier molecular flexibility index (Phi) is 5.04. The number of urea groups is 1. The van der Waals surface area contributed by atoms with Crippen molar-refractivity contribution in [2.24, 2.45) is 5.41 Å². The van der Waals surface area contributed by atoms with Gasteiger partial charge in [-0.2, -0.15) is 0 Å². The molecular formula is C18H24N2O4. The predicted octanol–water partition coefficient (Wildman–Crippen LogP) is 2.24. The minimum atomic E-state index is -0.844. The van der Waals surface area contributed by atoms with Gasteiger partial charge in [0.25, 0.3) is 0 Å². The fraction of sp³-hybridized carbons (Fsp3) is 0.556. The third kappa shape index (κ3) is 3.53. The van der Waals surface area contributed by atoms with E-state index in [0.29, 0.717) is 13.0 Å². The molecule has 130 valence electrons. The molecule has 1 aromatic carbocycles. The van der Waals surface area contributed by atoms with Crippen LogP contribution in [0.3, 0.4) is 0 Å². The van der Waals surface area contributed by atoms with Crippen LogP contribution < -0.4 is 10.6 Å². The number of nitrogens with one attached hydrogen (secondary N) is 2. The van der Waals surface area contributed by atoms with Gasteiger partial charge >= 0.3 is 12.0 Å².